The van der Waals surface area contributed by atoms with Gasteiger partial charge in [0.25, 0.3) is 5.56 Å². The highest BCUT2D eigenvalue weighted by atomic mass is 79.9. The van der Waals surface area contributed by atoms with Crippen molar-refractivity contribution in [2.45, 2.75) is 6.54 Å². The highest BCUT2D eigenvalue weighted by Gasteiger charge is 2.17. The molecule has 4 aromatic rings. The lowest BCUT2D eigenvalue weighted by molar-refractivity contribution is -0.116. The van der Waals surface area contributed by atoms with Crippen LogP contribution in [0.1, 0.15) is 0 Å². The van der Waals surface area contributed by atoms with E-state index < -0.39 is 23.7 Å². The lowest BCUT2D eigenvalue weighted by atomic mass is 10.3. The molecule has 0 saturated heterocycles. The molecule has 1 amide bonds. The average Bonchev–Trinajstić information content (AvgIpc) is 2.74. The SMILES string of the molecule is O=C(Cn1c(=O)c2cccnc2n(-c2ccccc2)c1=O)Nc1ccc(Br)cc1. The van der Waals surface area contributed by atoms with Gasteiger partial charge in [0.1, 0.15) is 6.54 Å². The Hall–Kier alpha value is -3.52. The van der Waals surface area contributed by atoms with Gasteiger partial charge in [0.2, 0.25) is 5.91 Å². The molecule has 0 radical (unpaired) electrons. The molecule has 0 unspecified atom stereocenters. The van der Waals surface area contributed by atoms with Crippen LogP contribution in [-0.2, 0) is 11.3 Å². The molecule has 1 N–H and O–H groups in total. The number of pyridine rings is 1. The number of hydrogen-bond acceptors (Lipinski definition) is 4. The highest BCUT2D eigenvalue weighted by Crippen LogP contribution is 2.14. The Morgan fingerprint density at radius 2 is 1.69 bits per heavy atom. The van der Waals surface area contributed by atoms with Gasteiger partial charge in [-0.15, -0.1) is 0 Å². The van der Waals surface area contributed by atoms with Crippen LogP contribution in [0.25, 0.3) is 16.7 Å². The number of amides is 1. The maximum atomic E-state index is 13.1. The molecule has 8 heteroatoms. The van der Waals surface area contributed by atoms with E-state index in [9.17, 15) is 14.4 Å². The normalized spacial score (nSPS) is 10.8. The first-order valence-electron chi connectivity index (χ1n) is 8.76. The van der Waals surface area contributed by atoms with E-state index in [2.05, 4.69) is 26.2 Å². The predicted molar refractivity (Wildman–Crippen MR) is 114 cm³/mol. The van der Waals surface area contributed by atoms with Gasteiger partial charge in [-0.05, 0) is 48.5 Å². The lowest BCUT2D eigenvalue weighted by Gasteiger charge is -2.13. The second-order valence-corrected chi connectivity index (χ2v) is 7.19. The minimum absolute atomic E-state index is 0.248. The molecule has 0 saturated carbocycles. The Labute approximate surface area is 173 Å². The molecule has 29 heavy (non-hydrogen) atoms. The Morgan fingerprint density at radius 3 is 2.41 bits per heavy atom. The van der Waals surface area contributed by atoms with Crippen molar-refractivity contribution in [1.29, 1.82) is 0 Å². The second kappa shape index (κ2) is 7.84. The number of para-hydroxylation sites is 1. The summed E-state index contributed by atoms with van der Waals surface area (Å²) in [6.45, 7) is -0.411. The molecule has 2 heterocycles. The third-order valence-corrected chi connectivity index (χ3v) is 4.87. The Bertz CT molecular complexity index is 1310. The summed E-state index contributed by atoms with van der Waals surface area (Å²) in [4.78, 5) is 42.8. The van der Waals surface area contributed by atoms with Gasteiger partial charge < -0.3 is 5.32 Å². The fourth-order valence-corrected chi connectivity index (χ4v) is 3.28. The average molecular weight is 451 g/mol. The van der Waals surface area contributed by atoms with Crippen molar-refractivity contribution in [3.63, 3.8) is 0 Å². The summed E-state index contributed by atoms with van der Waals surface area (Å²) in [5.41, 5.74) is 0.188. The third kappa shape index (κ3) is 3.74. The first-order valence-corrected chi connectivity index (χ1v) is 9.55. The van der Waals surface area contributed by atoms with Crippen LogP contribution in [0.3, 0.4) is 0 Å². The molecule has 0 spiro atoms. The molecule has 144 valence electrons. The number of hydrogen-bond donors (Lipinski definition) is 1. The van der Waals surface area contributed by atoms with Gasteiger partial charge in [-0.3, -0.25) is 9.59 Å². The van der Waals surface area contributed by atoms with Gasteiger partial charge in [0.15, 0.2) is 5.65 Å². The van der Waals surface area contributed by atoms with Gasteiger partial charge >= 0.3 is 5.69 Å². The van der Waals surface area contributed by atoms with E-state index in [4.69, 9.17) is 0 Å². The minimum atomic E-state index is -0.627. The summed E-state index contributed by atoms with van der Waals surface area (Å²) in [6, 6.07) is 19.1. The van der Waals surface area contributed by atoms with Crippen molar-refractivity contribution in [3.8, 4) is 5.69 Å². The van der Waals surface area contributed by atoms with Gasteiger partial charge in [-0.25, -0.2) is 18.9 Å². The smallest absolute Gasteiger partial charge is 0.325 e. The van der Waals surface area contributed by atoms with E-state index in [1.165, 1.54) is 10.8 Å². The number of halogens is 1. The van der Waals surface area contributed by atoms with Crippen molar-refractivity contribution in [3.05, 3.63) is 98.2 Å². The number of benzene rings is 2. The molecule has 0 fully saturated rings. The van der Waals surface area contributed by atoms with E-state index in [0.29, 0.717) is 11.4 Å². The standard InChI is InChI=1S/C21H15BrN4O3/c22-14-8-10-15(11-9-14)24-18(27)13-25-20(28)17-7-4-12-23-19(17)26(21(25)29)16-5-2-1-3-6-16/h1-12H,13H2,(H,24,27). The molecular weight excluding hydrogens is 436 g/mol. The molecule has 0 aliphatic heterocycles. The van der Waals surface area contributed by atoms with E-state index in [1.54, 1.807) is 60.7 Å². The second-order valence-electron chi connectivity index (χ2n) is 6.27. The molecule has 0 atom stereocenters. The van der Waals surface area contributed by atoms with E-state index in [1.807, 2.05) is 6.07 Å². The number of rotatable bonds is 4. The lowest BCUT2D eigenvalue weighted by Crippen LogP contribution is -2.42. The zero-order chi connectivity index (χ0) is 20.4. The molecule has 4 rings (SSSR count). The molecule has 2 aromatic carbocycles. The number of carbonyl (C=O) groups excluding carboxylic acids is 1. The van der Waals surface area contributed by atoms with Crippen LogP contribution in [0.15, 0.2) is 87.0 Å². The Kier molecular flexibility index (Phi) is 5.09. The quantitative estimate of drug-likeness (QED) is 0.517. The van der Waals surface area contributed by atoms with Crippen molar-refractivity contribution < 1.29 is 4.79 Å². The molecule has 0 bridgehead atoms. The van der Waals surface area contributed by atoms with E-state index in [0.717, 1.165) is 9.04 Å². The molecular formula is C21H15BrN4O3. The zero-order valence-corrected chi connectivity index (χ0v) is 16.7. The molecule has 0 aliphatic rings. The fraction of sp³-hybridized carbons (Fsp3) is 0.0476. The van der Waals surface area contributed by atoms with Crippen molar-refractivity contribution in [2.75, 3.05) is 5.32 Å². The maximum Gasteiger partial charge on any atom is 0.337 e. The number of nitrogens with one attached hydrogen (secondary N) is 1. The summed E-state index contributed by atoms with van der Waals surface area (Å²) in [7, 11) is 0. The number of aromatic nitrogens is 3. The summed E-state index contributed by atoms with van der Waals surface area (Å²) < 4.78 is 3.13. The molecule has 2 aromatic heterocycles. The molecule has 7 nitrogen and oxygen atoms in total. The Morgan fingerprint density at radius 1 is 0.966 bits per heavy atom. The van der Waals surface area contributed by atoms with Crippen LogP contribution in [-0.4, -0.2) is 20.0 Å². The maximum absolute atomic E-state index is 13.1. The number of nitrogens with zero attached hydrogens (tertiary/aromatic N) is 3. The first-order chi connectivity index (χ1) is 14.0. The minimum Gasteiger partial charge on any atom is -0.325 e. The largest absolute Gasteiger partial charge is 0.337 e. The van der Waals surface area contributed by atoms with Crippen LogP contribution < -0.4 is 16.6 Å². The van der Waals surface area contributed by atoms with Crippen LogP contribution in [0.2, 0.25) is 0 Å². The van der Waals surface area contributed by atoms with Crippen LogP contribution in [0.5, 0.6) is 0 Å². The highest BCUT2D eigenvalue weighted by molar-refractivity contribution is 9.10. The van der Waals surface area contributed by atoms with E-state index >= 15 is 0 Å². The first kappa shape index (κ1) is 18.8. The zero-order valence-electron chi connectivity index (χ0n) is 15.1. The van der Waals surface area contributed by atoms with Crippen molar-refractivity contribution in [1.82, 2.24) is 14.1 Å². The monoisotopic (exact) mass is 450 g/mol. The van der Waals surface area contributed by atoms with Gasteiger partial charge in [0, 0.05) is 16.4 Å². The molecule has 0 aliphatic carbocycles. The van der Waals surface area contributed by atoms with Gasteiger partial charge in [-0.2, -0.15) is 0 Å². The summed E-state index contributed by atoms with van der Waals surface area (Å²) in [5.74, 6) is -0.477. The van der Waals surface area contributed by atoms with Crippen LogP contribution >= 0.6 is 15.9 Å². The summed E-state index contributed by atoms with van der Waals surface area (Å²) >= 11 is 3.33. The van der Waals surface area contributed by atoms with Crippen LogP contribution in [0.4, 0.5) is 5.69 Å². The fourth-order valence-electron chi connectivity index (χ4n) is 3.01. The predicted octanol–water partition coefficient (Wildman–Crippen LogP) is 2.95. The number of carbonyl (C=O) groups is 1. The third-order valence-electron chi connectivity index (χ3n) is 4.34. The topological polar surface area (TPSA) is 86.0 Å². The summed E-state index contributed by atoms with van der Waals surface area (Å²) in [5, 5.41) is 2.95. The van der Waals surface area contributed by atoms with Crippen LogP contribution in [0, 0.1) is 0 Å². The van der Waals surface area contributed by atoms with Gasteiger partial charge in [-0.1, -0.05) is 34.1 Å². The number of fused-ring (bicyclic) bond motifs is 1. The van der Waals surface area contributed by atoms with Crippen molar-refractivity contribution in [2.24, 2.45) is 0 Å². The van der Waals surface area contributed by atoms with Gasteiger partial charge in [0.05, 0.1) is 11.1 Å². The number of anilines is 1. The van der Waals surface area contributed by atoms with Crippen molar-refractivity contribution >= 4 is 38.6 Å². The Balaban J connectivity index is 1.80. The summed E-state index contributed by atoms with van der Waals surface area (Å²) in [6.07, 6.45) is 1.52. The van der Waals surface area contributed by atoms with E-state index in [-0.39, 0.29) is 11.0 Å².